The number of benzene rings is 2. The molecule has 4 rings (SSSR count). The number of aliphatic hydroxyl groups excluding tert-OH is 1. The molecule has 0 spiro atoms. The van der Waals surface area contributed by atoms with Crippen LogP contribution in [0.2, 0.25) is 0 Å². The second kappa shape index (κ2) is 10.8. The van der Waals surface area contributed by atoms with Crippen molar-refractivity contribution in [3.8, 4) is 5.75 Å². The molecule has 0 saturated carbocycles. The quantitative estimate of drug-likeness (QED) is 0.227. The van der Waals surface area contributed by atoms with E-state index in [0.29, 0.717) is 23.8 Å². The summed E-state index contributed by atoms with van der Waals surface area (Å²) >= 11 is 0. The zero-order valence-corrected chi connectivity index (χ0v) is 23.0. The number of hydrogen-bond acceptors (Lipinski definition) is 5. The molecule has 0 radical (unpaired) electrons. The van der Waals surface area contributed by atoms with Gasteiger partial charge in [0.2, 0.25) is 0 Å². The van der Waals surface area contributed by atoms with Crippen LogP contribution in [0.25, 0.3) is 5.76 Å². The minimum atomic E-state index is -0.736. The van der Waals surface area contributed by atoms with Gasteiger partial charge in [-0.25, -0.2) is 0 Å². The number of Topliss-reactive ketones (excluding diaryl/α,β-unsaturated/α-hetero) is 1. The number of hydrogen-bond donors (Lipinski definition) is 1. The number of nitrogens with zero attached hydrogens (tertiary/aromatic N) is 2. The molecule has 6 heteroatoms. The molecule has 38 heavy (non-hydrogen) atoms. The van der Waals surface area contributed by atoms with Crippen molar-refractivity contribution in [1.82, 2.24) is 9.88 Å². The van der Waals surface area contributed by atoms with Crippen molar-refractivity contribution in [2.75, 3.05) is 6.61 Å². The van der Waals surface area contributed by atoms with Crippen LogP contribution in [0.4, 0.5) is 0 Å². The minimum Gasteiger partial charge on any atom is -0.507 e. The number of amides is 1. The lowest BCUT2D eigenvalue weighted by Gasteiger charge is -2.26. The van der Waals surface area contributed by atoms with Crippen molar-refractivity contribution < 1.29 is 19.4 Å². The van der Waals surface area contributed by atoms with Crippen molar-refractivity contribution in [2.45, 2.75) is 59.5 Å². The molecule has 1 aliphatic heterocycles. The number of rotatable bonds is 7. The Labute approximate surface area is 225 Å². The van der Waals surface area contributed by atoms with Gasteiger partial charge in [-0.2, -0.15) is 0 Å². The maximum absolute atomic E-state index is 13.4. The average Bonchev–Trinajstić information content (AvgIpc) is 3.12. The number of likely N-dealkylation sites (tertiary alicyclic amines) is 1. The second-order valence-corrected chi connectivity index (χ2v) is 11.3. The molecule has 1 amide bonds. The summed E-state index contributed by atoms with van der Waals surface area (Å²) in [5.41, 5.74) is 3.99. The van der Waals surface area contributed by atoms with Crippen molar-refractivity contribution >= 4 is 17.4 Å². The molecule has 2 aromatic carbocycles. The fraction of sp³-hybridized carbons (Fsp3) is 0.344. The van der Waals surface area contributed by atoms with E-state index in [9.17, 15) is 14.7 Å². The Kier molecular flexibility index (Phi) is 7.72. The molecule has 3 aromatic rings. The van der Waals surface area contributed by atoms with E-state index in [0.717, 1.165) is 22.3 Å². The van der Waals surface area contributed by atoms with E-state index in [1.54, 1.807) is 30.6 Å². The van der Waals surface area contributed by atoms with Gasteiger partial charge in [0.1, 0.15) is 11.5 Å². The predicted octanol–water partition coefficient (Wildman–Crippen LogP) is 6.34. The zero-order chi connectivity index (χ0) is 27.6. The normalized spacial score (nSPS) is 17.3. The standard InChI is InChI=1S/C32H36N2O4/c1-20(2)19-38-25-13-14-26(21(3)16-25)29(35)27-28(23-9-11-24(12-10-23)32(4,5)6)34(31(37)30(27)36)18-22-8-7-15-33-17-22/h7-17,20,28,35H,18-19H2,1-6H3/t28-/m1/s1. The van der Waals surface area contributed by atoms with Crippen LogP contribution >= 0.6 is 0 Å². The van der Waals surface area contributed by atoms with E-state index < -0.39 is 17.7 Å². The Morgan fingerprint density at radius 1 is 1.08 bits per heavy atom. The smallest absolute Gasteiger partial charge is 0.295 e. The van der Waals surface area contributed by atoms with Crippen molar-refractivity contribution in [3.05, 3.63) is 100 Å². The van der Waals surface area contributed by atoms with Gasteiger partial charge in [-0.1, -0.05) is 65.0 Å². The van der Waals surface area contributed by atoms with Gasteiger partial charge < -0.3 is 14.7 Å². The topological polar surface area (TPSA) is 79.7 Å². The van der Waals surface area contributed by atoms with Gasteiger partial charge in [0, 0.05) is 24.5 Å². The largest absolute Gasteiger partial charge is 0.507 e. The number of ether oxygens (including phenoxy) is 1. The lowest BCUT2D eigenvalue weighted by atomic mass is 9.85. The van der Waals surface area contributed by atoms with E-state index >= 15 is 0 Å². The van der Waals surface area contributed by atoms with Crippen LogP contribution in [-0.4, -0.2) is 33.3 Å². The van der Waals surface area contributed by atoms with E-state index in [2.05, 4.69) is 39.6 Å². The lowest BCUT2D eigenvalue weighted by molar-refractivity contribution is -0.140. The fourth-order valence-corrected chi connectivity index (χ4v) is 4.64. The third-order valence-electron chi connectivity index (χ3n) is 6.74. The highest BCUT2D eigenvalue weighted by Crippen LogP contribution is 2.41. The molecule has 1 fully saturated rings. The summed E-state index contributed by atoms with van der Waals surface area (Å²) in [4.78, 5) is 32.5. The second-order valence-electron chi connectivity index (χ2n) is 11.3. The van der Waals surface area contributed by atoms with Crippen LogP contribution in [0.5, 0.6) is 5.75 Å². The molecule has 6 nitrogen and oxygen atoms in total. The number of ketones is 1. The highest BCUT2D eigenvalue weighted by Gasteiger charge is 2.46. The van der Waals surface area contributed by atoms with Crippen LogP contribution in [0.1, 0.15) is 68.5 Å². The number of carbonyl (C=O) groups excluding carboxylic acids is 2. The molecule has 198 valence electrons. The molecule has 1 atom stereocenters. The highest BCUT2D eigenvalue weighted by atomic mass is 16.5. The van der Waals surface area contributed by atoms with Gasteiger partial charge in [0.25, 0.3) is 11.7 Å². The summed E-state index contributed by atoms with van der Waals surface area (Å²) in [6.07, 6.45) is 3.34. The number of aromatic nitrogens is 1. The Hall–Kier alpha value is -3.93. The molecular weight excluding hydrogens is 476 g/mol. The molecule has 1 aromatic heterocycles. The summed E-state index contributed by atoms with van der Waals surface area (Å²) < 4.78 is 5.83. The Balaban J connectivity index is 1.81. The first-order valence-corrected chi connectivity index (χ1v) is 13.0. The van der Waals surface area contributed by atoms with Crippen LogP contribution in [-0.2, 0) is 21.5 Å². The molecule has 1 saturated heterocycles. The van der Waals surface area contributed by atoms with Gasteiger partial charge in [-0.05, 0) is 64.8 Å². The number of aryl methyl sites for hydroxylation is 1. The van der Waals surface area contributed by atoms with E-state index in [-0.39, 0.29) is 23.3 Å². The van der Waals surface area contributed by atoms with Crippen molar-refractivity contribution in [2.24, 2.45) is 5.92 Å². The van der Waals surface area contributed by atoms with Gasteiger partial charge in [0.05, 0.1) is 18.2 Å². The Morgan fingerprint density at radius 3 is 2.37 bits per heavy atom. The molecular formula is C32H36N2O4. The summed E-state index contributed by atoms with van der Waals surface area (Å²) in [5.74, 6) is -0.455. The Morgan fingerprint density at radius 2 is 1.79 bits per heavy atom. The summed E-state index contributed by atoms with van der Waals surface area (Å²) in [6, 6.07) is 16.2. The molecule has 0 aliphatic carbocycles. The maximum atomic E-state index is 13.4. The van der Waals surface area contributed by atoms with Crippen LogP contribution in [0.15, 0.2) is 72.6 Å². The first-order valence-electron chi connectivity index (χ1n) is 13.0. The third-order valence-corrected chi connectivity index (χ3v) is 6.74. The SMILES string of the molecule is Cc1cc(OCC(C)C)ccc1C(O)=C1C(=O)C(=O)N(Cc2cccnc2)[C@@H]1c1ccc(C(C)(C)C)cc1. The monoisotopic (exact) mass is 512 g/mol. The number of carbonyl (C=O) groups is 2. The van der Waals surface area contributed by atoms with Crippen LogP contribution in [0.3, 0.4) is 0 Å². The highest BCUT2D eigenvalue weighted by molar-refractivity contribution is 6.46. The first kappa shape index (κ1) is 27.1. The zero-order valence-electron chi connectivity index (χ0n) is 23.0. The molecule has 1 N–H and O–H groups in total. The van der Waals surface area contributed by atoms with Gasteiger partial charge in [-0.15, -0.1) is 0 Å². The van der Waals surface area contributed by atoms with Gasteiger partial charge in [0.15, 0.2) is 0 Å². The van der Waals surface area contributed by atoms with Crippen LogP contribution < -0.4 is 4.74 Å². The summed E-state index contributed by atoms with van der Waals surface area (Å²) in [7, 11) is 0. The molecule has 1 aliphatic rings. The Bertz CT molecular complexity index is 1350. The molecule has 0 bridgehead atoms. The maximum Gasteiger partial charge on any atom is 0.295 e. The summed E-state index contributed by atoms with van der Waals surface area (Å²) in [5, 5.41) is 11.5. The van der Waals surface area contributed by atoms with Crippen LogP contribution in [0, 0.1) is 12.8 Å². The van der Waals surface area contributed by atoms with Gasteiger partial charge >= 0.3 is 0 Å². The molecule has 2 heterocycles. The first-order chi connectivity index (χ1) is 18.0. The number of aliphatic hydroxyl groups is 1. The van der Waals surface area contributed by atoms with Crippen molar-refractivity contribution in [1.29, 1.82) is 0 Å². The minimum absolute atomic E-state index is 0.0491. The number of pyridine rings is 1. The van der Waals surface area contributed by atoms with Gasteiger partial charge in [-0.3, -0.25) is 14.6 Å². The summed E-state index contributed by atoms with van der Waals surface area (Å²) in [6.45, 7) is 13.2. The fourth-order valence-electron chi connectivity index (χ4n) is 4.64. The van der Waals surface area contributed by atoms with E-state index in [4.69, 9.17) is 4.74 Å². The molecule has 0 unspecified atom stereocenters. The van der Waals surface area contributed by atoms with E-state index in [1.165, 1.54) is 4.90 Å². The van der Waals surface area contributed by atoms with Crippen molar-refractivity contribution in [3.63, 3.8) is 0 Å². The third kappa shape index (κ3) is 5.64. The average molecular weight is 513 g/mol. The lowest BCUT2D eigenvalue weighted by Crippen LogP contribution is -2.29. The van der Waals surface area contributed by atoms with E-state index in [1.807, 2.05) is 43.3 Å². The predicted molar refractivity (Wildman–Crippen MR) is 149 cm³/mol.